The average Bonchev–Trinajstić information content (AvgIpc) is 2.81. The molecule has 0 fully saturated rings. The molecule has 0 saturated heterocycles. The minimum atomic E-state index is -0.881. The lowest BCUT2D eigenvalue weighted by molar-refractivity contribution is -0.112. The van der Waals surface area contributed by atoms with Crippen molar-refractivity contribution in [3.63, 3.8) is 0 Å². The molecule has 0 aromatic heterocycles. The number of benzene rings is 1. The quantitative estimate of drug-likeness (QED) is 0.434. The number of aliphatic hydroxyl groups is 2. The standard InChI is InChI=1S/C28H41FN2O5/c1-16-11-21-14-23(9-10-24(21)29)31-27(34)18(3)8-6-7-17(2)26(36-28(30)35)20(5)13-19(4)25(33)22(12-16)15-32/h8-10,13-14,16-17,19,22,25-26,32-33H,6-7,11-12,15H2,1-5H3,(H2,30,35)(H,31,34)/b18-8+,20-13+/t16-,17+,19+,22-,25-,26-/m1/s1. The van der Waals surface area contributed by atoms with E-state index in [9.17, 15) is 24.2 Å². The van der Waals surface area contributed by atoms with Gasteiger partial charge in [0.1, 0.15) is 11.9 Å². The number of nitrogens with one attached hydrogen (secondary N) is 1. The van der Waals surface area contributed by atoms with Crippen LogP contribution in [0.3, 0.4) is 0 Å². The molecule has 0 spiro atoms. The molecule has 7 nitrogen and oxygen atoms in total. The van der Waals surface area contributed by atoms with Gasteiger partial charge in [0.15, 0.2) is 0 Å². The molecule has 8 heteroatoms. The maximum atomic E-state index is 14.5. The Hall–Kier alpha value is -2.71. The molecule has 1 aromatic rings. The first-order valence-electron chi connectivity index (χ1n) is 12.6. The maximum Gasteiger partial charge on any atom is 0.405 e. The molecule has 0 radical (unpaired) electrons. The van der Waals surface area contributed by atoms with Crippen LogP contribution in [0, 0.1) is 29.5 Å². The molecule has 1 aliphatic rings. The second-order valence-electron chi connectivity index (χ2n) is 10.3. The molecule has 6 atom stereocenters. The Balaban J connectivity index is 2.43. The number of fused-ring (bicyclic) bond motifs is 2. The van der Waals surface area contributed by atoms with Crippen molar-refractivity contribution in [2.45, 2.75) is 72.5 Å². The van der Waals surface area contributed by atoms with Crippen LogP contribution >= 0.6 is 0 Å². The Morgan fingerprint density at radius 2 is 1.94 bits per heavy atom. The molecule has 1 heterocycles. The van der Waals surface area contributed by atoms with Gasteiger partial charge in [-0.05, 0) is 80.7 Å². The third-order valence-electron chi connectivity index (χ3n) is 7.00. The summed E-state index contributed by atoms with van der Waals surface area (Å²) in [6.07, 6.45) is 3.43. The number of carbonyl (C=O) groups is 2. The summed E-state index contributed by atoms with van der Waals surface area (Å²) in [5.41, 5.74) is 7.59. The number of halogens is 1. The molecule has 2 amide bonds. The Bertz CT molecular complexity index is 977. The second-order valence-corrected chi connectivity index (χ2v) is 10.3. The highest BCUT2D eigenvalue weighted by Crippen LogP contribution is 2.28. The van der Waals surface area contributed by atoms with Gasteiger partial charge >= 0.3 is 6.09 Å². The van der Waals surface area contributed by atoms with E-state index in [-0.39, 0.29) is 36.1 Å². The van der Waals surface area contributed by atoms with Gasteiger partial charge < -0.3 is 26.0 Å². The number of carbonyl (C=O) groups excluding carboxylic acids is 2. The van der Waals surface area contributed by atoms with E-state index in [0.29, 0.717) is 42.5 Å². The highest BCUT2D eigenvalue weighted by molar-refractivity contribution is 6.03. The number of ether oxygens (including phenoxy) is 1. The number of hydrogen-bond acceptors (Lipinski definition) is 5. The van der Waals surface area contributed by atoms with Crippen molar-refractivity contribution in [3.8, 4) is 0 Å². The van der Waals surface area contributed by atoms with Crippen LogP contribution in [0.15, 0.2) is 41.5 Å². The predicted octanol–water partition coefficient (Wildman–Crippen LogP) is 4.72. The molecule has 2 rings (SSSR count). The topological polar surface area (TPSA) is 122 Å². The highest BCUT2D eigenvalue weighted by Gasteiger charge is 2.28. The van der Waals surface area contributed by atoms with Gasteiger partial charge in [-0.1, -0.05) is 32.9 Å². The van der Waals surface area contributed by atoms with Crippen LogP contribution in [0.4, 0.5) is 14.9 Å². The number of allylic oxidation sites excluding steroid dienone is 1. The number of primary amides is 1. The molecule has 0 aliphatic carbocycles. The smallest absolute Gasteiger partial charge is 0.405 e. The Morgan fingerprint density at radius 3 is 2.58 bits per heavy atom. The number of amides is 2. The molecule has 5 N–H and O–H groups in total. The molecule has 2 bridgehead atoms. The minimum Gasteiger partial charge on any atom is -0.442 e. The van der Waals surface area contributed by atoms with Crippen LogP contribution in [0.25, 0.3) is 0 Å². The summed E-state index contributed by atoms with van der Waals surface area (Å²) >= 11 is 0. The van der Waals surface area contributed by atoms with E-state index in [2.05, 4.69) is 5.32 Å². The van der Waals surface area contributed by atoms with Crippen molar-refractivity contribution < 1.29 is 28.9 Å². The maximum absolute atomic E-state index is 14.5. The lowest BCUT2D eigenvalue weighted by Gasteiger charge is -2.29. The van der Waals surface area contributed by atoms with Crippen LogP contribution in [0.5, 0.6) is 0 Å². The lowest BCUT2D eigenvalue weighted by Crippen LogP contribution is -2.33. The Kier molecular flexibility index (Phi) is 11.1. The SMILES string of the molecule is C/C1=C\CC[C@H](C)[C@@H](OC(N)=O)/C(C)=C/[C@H](C)[C@@H](O)[C@@H](CO)C[C@H](C)Cc2cc(ccc2F)NC1=O. The summed E-state index contributed by atoms with van der Waals surface area (Å²) in [6, 6.07) is 4.51. The molecule has 0 saturated carbocycles. The lowest BCUT2D eigenvalue weighted by atomic mass is 9.82. The fourth-order valence-electron chi connectivity index (χ4n) is 4.96. The second kappa shape index (κ2) is 13.6. The van der Waals surface area contributed by atoms with Crippen molar-refractivity contribution in [1.82, 2.24) is 0 Å². The van der Waals surface area contributed by atoms with Crippen molar-refractivity contribution >= 4 is 17.7 Å². The molecule has 200 valence electrons. The Labute approximate surface area is 213 Å². The van der Waals surface area contributed by atoms with Gasteiger partial charge in [0.25, 0.3) is 5.91 Å². The molecular formula is C28H41FN2O5. The third-order valence-corrected chi connectivity index (χ3v) is 7.00. The zero-order valence-electron chi connectivity index (χ0n) is 22.0. The highest BCUT2D eigenvalue weighted by atomic mass is 19.1. The summed E-state index contributed by atoms with van der Waals surface area (Å²) in [7, 11) is 0. The average molecular weight is 505 g/mol. The number of nitrogens with two attached hydrogens (primary N) is 1. The normalized spacial score (nSPS) is 31.9. The monoisotopic (exact) mass is 504 g/mol. The zero-order chi connectivity index (χ0) is 27.0. The summed E-state index contributed by atoms with van der Waals surface area (Å²) < 4.78 is 20.0. The van der Waals surface area contributed by atoms with Gasteiger partial charge in [0, 0.05) is 29.7 Å². The van der Waals surface area contributed by atoms with Gasteiger partial charge in [-0.15, -0.1) is 0 Å². The van der Waals surface area contributed by atoms with Crippen molar-refractivity contribution in [2.24, 2.45) is 29.4 Å². The van der Waals surface area contributed by atoms with Gasteiger partial charge in [0.2, 0.25) is 0 Å². The number of rotatable bonds is 2. The first-order valence-corrected chi connectivity index (χ1v) is 12.6. The van der Waals surface area contributed by atoms with Crippen LogP contribution in [-0.4, -0.2) is 41.0 Å². The fourth-order valence-corrected chi connectivity index (χ4v) is 4.96. The van der Waals surface area contributed by atoms with E-state index in [1.54, 1.807) is 13.0 Å². The van der Waals surface area contributed by atoms with Gasteiger partial charge in [0.05, 0.1) is 6.10 Å². The number of hydrogen-bond donors (Lipinski definition) is 4. The number of aliphatic hydroxyl groups excluding tert-OH is 2. The van der Waals surface area contributed by atoms with E-state index in [1.807, 2.05) is 39.8 Å². The van der Waals surface area contributed by atoms with Gasteiger partial charge in [-0.25, -0.2) is 9.18 Å². The van der Waals surface area contributed by atoms with E-state index in [0.717, 1.165) is 5.57 Å². The fraction of sp³-hybridized carbons (Fsp3) is 0.571. The van der Waals surface area contributed by atoms with Gasteiger partial charge in [-0.3, -0.25) is 4.79 Å². The van der Waals surface area contributed by atoms with Crippen molar-refractivity contribution in [3.05, 3.63) is 52.9 Å². The van der Waals surface area contributed by atoms with Crippen LogP contribution in [0.2, 0.25) is 0 Å². The van der Waals surface area contributed by atoms with Crippen LogP contribution in [0.1, 0.15) is 59.4 Å². The van der Waals surface area contributed by atoms with Crippen LogP contribution in [-0.2, 0) is 16.0 Å². The summed E-state index contributed by atoms with van der Waals surface area (Å²) in [4.78, 5) is 24.3. The molecule has 0 unspecified atom stereocenters. The zero-order valence-corrected chi connectivity index (χ0v) is 22.0. The van der Waals surface area contributed by atoms with E-state index in [4.69, 9.17) is 10.5 Å². The molecule has 36 heavy (non-hydrogen) atoms. The number of anilines is 1. The summed E-state index contributed by atoms with van der Waals surface area (Å²) in [5.74, 6) is -1.52. The van der Waals surface area contributed by atoms with Crippen molar-refractivity contribution in [1.29, 1.82) is 0 Å². The van der Waals surface area contributed by atoms with Crippen molar-refractivity contribution in [2.75, 3.05) is 11.9 Å². The van der Waals surface area contributed by atoms with Gasteiger partial charge in [-0.2, -0.15) is 0 Å². The third kappa shape index (κ3) is 8.45. The van der Waals surface area contributed by atoms with E-state index >= 15 is 0 Å². The summed E-state index contributed by atoms with van der Waals surface area (Å²) in [5, 5.41) is 23.9. The first-order chi connectivity index (χ1) is 16.9. The largest absolute Gasteiger partial charge is 0.442 e. The predicted molar refractivity (Wildman–Crippen MR) is 139 cm³/mol. The summed E-state index contributed by atoms with van der Waals surface area (Å²) in [6.45, 7) is 9.06. The first kappa shape index (κ1) is 29.5. The Morgan fingerprint density at radius 1 is 1.25 bits per heavy atom. The molecule has 1 aromatic carbocycles. The molecular weight excluding hydrogens is 463 g/mol. The van der Waals surface area contributed by atoms with E-state index < -0.39 is 24.2 Å². The molecule has 1 aliphatic heterocycles. The van der Waals surface area contributed by atoms with E-state index in [1.165, 1.54) is 12.1 Å². The minimum absolute atomic E-state index is 0.0378. The van der Waals surface area contributed by atoms with Crippen LogP contribution < -0.4 is 11.1 Å².